The van der Waals surface area contributed by atoms with Crippen LogP contribution in [-0.4, -0.2) is 56.3 Å². The van der Waals surface area contributed by atoms with Crippen LogP contribution >= 0.6 is 8.17 Å². The number of carbonyl (C=O) groups is 1. The third kappa shape index (κ3) is 5.45. The van der Waals surface area contributed by atoms with Crippen molar-refractivity contribution < 1.29 is 38.3 Å². The maximum atomic E-state index is 15.2. The zero-order valence-corrected chi connectivity index (χ0v) is 18.3. The molecule has 33 heavy (non-hydrogen) atoms. The lowest BCUT2D eigenvalue weighted by atomic mass is 9.98. The predicted molar refractivity (Wildman–Crippen MR) is 110 cm³/mol. The lowest BCUT2D eigenvalue weighted by Gasteiger charge is -2.24. The third-order valence-corrected chi connectivity index (χ3v) is 5.76. The molecule has 0 spiro atoms. The van der Waals surface area contributed by atoms with Crippen molar-refractivity contribution in [3.8, 4) is 11.5 Å². The third-order valence-electron chi connectivity index (χ3n) is 4.87. The van der Waals surface area contributed by atoms with E-state index in [2.05, 4.69) is 4.74 Å². The van der Waals surface area contributed by atoms with Crippen molar-refractivity contribution in [3.63, 3.8) is 0 Å². The van der Waals surface area contributed by atoms with Crippen LogP contribution in [0, 0.1) is 0 Å². The van der Waals surface area contributed by atoms with Gasteiger partial charge in [0.1, 0.15) is 18.8 Å². The molecule has 0 radical (unpaired) electrons. The lowest BCUT2D eigenvalue weighted by molar-refractivity contribution is -0.169. The number of aliphatic hydroxyl groups is 1. The van der Waals surface area contributed by atoms with Gasteiger partial charge in [0.05, 0.1) is 0 Å². The Labute approximate surface area is 186 Å². The minimum atomic E-state index is -2.73. The van der Waals surface area contributed by atoms with Gasteiger partial charge in [-0.25, -0.2) is 14.0 Å². The highest BCUT2D eigenvalue weighted by Crippen LogP contribution is 2.41. The molecular formula is C19H21FN3O9P. The van der Waals surface area contributed by atoms with Crippen molar-refractivity contribution in [2.45, 2.75) is 44.0 Å². The summed E-state index contributed by atoms with van der Waals surface area (Å²) in [5.74, 6) is -1.24. The van der Waals surface area contributed by atoms with Crippen LogP contribution in [0.15, 0.2) is 50.9 Å². The SMILES string of the molecule is C[C@@H](N=[P+]([O-])Oc1ccccc1OC[C@H]1O[C@@H](n2ccc(=O)[nH]c2=O)[C@](C)(F)[C@@H]1O)C(=O)O. The predicted octanol–water partition coefficient (Wildman–Crippen LogP) is 0.310. The van der Waals surface area contributed by atoms with Gasteiger partial charge >= 0.3 is 19.8 Å². The maximum Gasteiger partial charge on any atom is 0.395 e. The fourth-order valence-corrected chi connectivity index (χ4v) is 3.83. The maximum absolute atomic E-state index is 15.2. The number of nitrogens with one attached hydrogen (secondary N) is 1. The van der Waals surface area contributed by atoms with Crippen LogP contribution in [0.2, 0.25) is 0 Å². The first kappa shape index (κ1) is 24.5. The quantitative estimate of drug-likeness (QED) is 0.444. The van der Waals surface area contributed by atoms with Crippen molar-refractivity contribution in [2.24, 2.45) is 4.74 Å². The van der Waals surface area contributed by atoms with Crippen LogP contribution in [0.5, 0.6) is 11.5 Å². The van der Waals surface area contributed by atoms with Gasteiger partial charge < -0.3 is 24.6 Å². The molecule has 0 amide bonds. The molecule has 1 saturated heterocycles. The average Bonchev–Trinajstić information content (AvgIpc) is 2.96. The highest BCUT2D eigenvalue weighted by molar-refractivity contribution is 7.34. The van der Waals surface area contributed by atoms with Crippen LogP contribution in [-0.2, 0) is 9.53 Å². The van der Waals surface area contributed by atoms with Gasteiger partial charge in [-0.05, 0) is 26.0 Å². The number of aliphatic hydroxyl groups excluding tert-OH is 1. The monoisotopic (exact) mass is 485 g/mol. The molecule has 1 aromatic heterocycles. The molecule has 0 saturated carbocycles. The minimum Gasteiger partial charge on any atom is -0.575 e. The number of benzene rings is 1. The number of carboxylic acid groups (broad SMARTS) is 1. The molecule has 6 atom stereocenters. The lowest BCUT2D eigenvalue weighted by Crippen LogP contribution is -2.43. The summed E-state index contributed by atoms with van der Waals surface area (Å²) >= 11 is 0. The normalized spacial score (nSPS) is 26.1. The number of para-hydroxylation sites is 2. The molecule has 2 aromatic rings. The first-order valence-corrected chi connectivity index (χ1v) is 10.8. The van der Waals surface area contributed by atoms with Crippen molar-refractivity contribution in [2.75, 3.05) is 6.61 Å². The summed E-state index contributed by atoms with van der Waals surface area (Å²) in [5, 5.41) is 19.3. The van der Waals surface area contributed by atoms with Gasteiger partial charge in [-0.2, -0.15) is 0 Å². The Kier molecular flexibility index (Phi) is 7.28. The van der Waals surface area contributed by atoms with E-state index in [1.165, 1.54) is 19.1 Å². The van der Waals surface area contributed by atoms with Crippen molar-refractivity contribution >= 4 is 14.1 Å². The summed E-state index contributed by atoms with van der Waals surface area (Å²) in [5.41, 5.74) is -3.98. The van der Waals surface area contributed by atoms with E-state index in [4.69, 9.17) is 19.1 Å². The summed E-state index contributed by atoms with van der Waals surface area (Å²) in [7, 11) is -2.73. The molecule has 178 valence electrons. The van der Waals surface area contributed by atoms with E-state index in [0.717, 1.165) is 23.8 Å². The first-order valence-electron chi connectivity index (χ1n) is 9.65. The number of nitrogens with zero attached hydrogens (tertiary/aromatic N) is 2. The molecule has 2 heterocycles. The smallest absolute Gasteiger partial charge is 0.395 e. The zero-order valence-electron chi connectivity index (χ0n) is 17.5. The second-order valence-corrected chi connectivity index (χ2v) is 8.25. The number of H-pyrrole nitrogens is 1. The molecule has 1 aliphatic heterocycles. The van der Waals surface area contributed by atoms with E-state index in [0.29, 0.717) is 0 Å². The average molecular weight is 485 g/mol. The Bertz CT molecular complexity index is 1170. The Hall–Kier alpha value is -3.12. The van der Waals surface area contributed by atoms with E-state index in [9.17, 15) is 24.4 Å². The number of aliphatic carboxylic acids is 1. The summed E-state index contributed by atoms with van der Waals surface area (Å²) in [6.45, 7) is 1.90. The van der Waals surface area contributed by atoms with E-state index in [1.54, 1.807) is 12.1 Å². The van der Waals surface area contributed by atoms with Crippen molar-refractivity contribution in [3.05, 3.63) is 57.4 Å². The number of hydrogen-bond donors (Lipinski definition) is 3. The molecule has 14 heteroatoms. The van der Waals surface area contributed by atoms with Gasteiger partial charge in [0.15, 0.2) is 23.7 Å². The summed E-state index contributed by atoms with van der Waals surface area (Å²) in [6, 6.07) is 5.72. The standard InChI is InChI=1S/C19H21FN3O9P/c1-10(16(26)27)22-33(29)32-12-6-4-3-5-11(12)30-9-13-15(25)19(2,20)17(31-13)23-8-7-14(24)21-18(23)28/h3-8,10,13,15,17,25H,9H2,1-2H3,(H,26,27)(H,21,24,28)/t10-,13-,15-,17-,19-/m1/s1. The summed E-state index contributed by atoms with van der Waals surface area (Å²) in [6.07, 6.45) is -3.40. The molecule has 0 aliphatic carbocycles. The topological polar surface area (TPSA) is 175 Å². The molecule has 12 nitrogen and oxygen atoms in total. The number of aromatic nitrogens is 2. The van der Waals surface area contributed by atoms with Crippen LogP contribution in [0.25, 0.3) is 0 Å². The number of halogens is 1. The number of ether oxygens (including phenoxy) is 2. The van der Waals surface area contributed by atoms with Crippen LogP contribution in [0.3, 0.4) is 0 Å². The van der Waals surface area contributed by atoms with Gasteiger partial charge in [0.2, 0.25) is 5.75 Å². The Balaban J connectivity index is 1.75. The number of hydrogen-bond acceptors (Lipinski definition) is 9. The fraction of sp³-hybridized carbons (Fsp3) is 0.421. The largest absolute Gasteiger partial charge is 0.575 e. The Morgan fingerprint density at radius 2 is 2.06 bits per heavy atom. The molecule has 3 rings (SSSR count). The second-order valence-electron chi connectivity index (χ2n) is 7.36. The minimum absolute atomic E-state index is 0.0242. The van der Waals surface area contributed by atoms with Gasteiger partial charge in [0, 0.05) is 12.3 Å². The Morgan fingerprint density at radius 3 is 2.70 bits per heavy atom. The molecule has 1 aromatic carbocycles. The highest BCUT2D eigenvalue weighted by atomic mass is 31.1. The van der Waals surface area contributed by atoms with E-state index >= 15 is 4.39 Å². The molecule has 1 fully saturated rings. The number of aromatic amines is 1. The number of rotatable bonds is 8. The Morgan fingerprint density at radius 1 is 1.39 bits per heavy atom. The van der Waals surface area contributed by atoms with Gasteiger partial charge in [-0.1, -0.05) is 16.9 Å². The highest BCUT2D eigenvalue weighted by Gasteiger charge is 2.55. The van der Waals surface area contributed by atoms with Crippen LogP contribution in [0.4, 0.5) is 4.39 Å². The van der Waals surface area contributed by atoms with Gasteiger partial charge in [-0.3, -0.25) is 18.9 Å². The van der Waals surface area contributed by atoms with Crippen LogP contribution in [0.1, 0.15) is 20.1 Å². The van der Waals surface area contributed by atoms with Crippen molar-refractivity contribution in [1.29, 1.82) is 0 Å². The van der Waals surface area contributed by atoms with Crippen molar-refractivity contribution in [1.82, 2.24) is 9.55 Å². The molecular weight excluding hydrogens is 464 g/mol. The zero-order chi connectivity index (χ0) is 24.3. The summed E-state index contributed by atoms with van der Waals surface area (Å²) in [4.78, 5) is 48.1. The van der Waals surface area contributed by atoms with E-state index < -0.39 is 55.5 Å². The molecule has 3 N–H and O–H groups in total. The second kappa shape index (κ2) is 9.79. The molecule has 1 aliphatic rings. The van der Waals surface area contributed by atoms with Gasteiger partial charge in [-0.15, -0.1) is 0 Å². The number of carboxylic acids is 1. The van der Waals surface area contributed by atoms with E-state index in [-0.39, 0.29) is 18.1 Å². The molecule has 1 unspecified atom stereocenters. The first-order chi connectivity index (χ1) is 15.5. The fourth-order valence-electron chi connectivity index (χ4n) is 3.08. The summed E-state index contributed by atoms with van der Waals surface area (Å²) < 4.78 is 35.8. The molecule has 0 bridgehead atoms. The van der Waals surface area contributed by atoms with Crippen LogP contribution < -0.4 is 25.4 Å². The van der Waals surface area contributed by atoms with Gasteiger partial charge in [0.25, 0.3) is 5.56 Å². The number of alkyl halides is 1. The van der Waals surface area contributed by atoms with E-state index in [1.807, 2.05) is 4.98 Å².